The second-order valence-corrected chi connectivity index (χ2v) is 6.23. The molecular weight excluding hydrogens is 266 g/mol. The van der Waals surface area contributed by atoms with Gasteiger partial charge in [-0.3, -0.25) is 0 Å². The molecular formula is C21H31N. The number of nitrogens with zero attached hydrogens (tertiary/aromatic N) is 1. The van der Waals surface area contributed by atoms with E-state index in [0.717, 1.165) is 13.0 Å². The maximum Gasteiger partial charge on any atom is 0.0431 e. The maximum atomic E-state index is 2.48. The molecule has 22 heavy (non-hydrogen) atoms. The normalized spacial score (nSPS) is 11.6. The Balaban J connectivity index is 3.03. The Kier molecular flexibility index (Phi) is 7.73. The standard InChI is InChI=1S/C21H31N/c1-7-8-9-10-14-20(17(2)3)16-22(18(4)5)21-15-12-11-13-19(21)6/h8-15,18H,7,16H2,1-6H3/b9-8-,14-10-. The Morgan fingerprint density at radius 2 is 1.82 bits per heavy atom. The van der Waals surface area contributed by atoms with Crippen molar-refractivity contribution in [2.75, 3.05) is 11.4 Å². The molecule has 0 aliphatic carbocycles. The first-order valence-corrected chi connectivity index (χ1v) is 8.29. The molecule has 0 unspecified atom stereocenters. The van der Waals surface area contributed by atoms with E-state index in [-0.39, 0.29) is 0 Å². The Bertz CT molecular complexity index is 543. The first kappa shape index (κ1) is 18.3. The predicted molar refractivity (Wildman–Crippen MR) is 101 cm³/mol. The van der Waals surface area contributed by atoms with Crippen molar-refractivity contribution in [3.05, 3.63) is 65.3 Å². The third-order valence-electron chi connectivity index (χ3n) is 3.81. The first-order chi connectivity index (χ1) is 10.5. The predicted octanol–water partition coefficient (Wildman–Crippen LogP) is 6.07. The van der Waals surface area contributed by atoms with Gasteiger partial charge in [0.2, 0.25) is 0 Å². The average Bonchev–Trinajstić information content (AvgIpc) is 2.47. The lowest BCUT2D eigenvalue weighted by atomic mass is 10.1. The smallest absolute Gasteiger partial charge is 0.0431 e. The summed E-state index contributed by atoms with van der Waals surface area (Å²) >= 11 is 0. The van der Waals surface area contributed by atoms with Gasteiger partial charge < -0.3 is 4.90 Å². The Hall–Kier alpha value is -1.76. The summed E-state index contributed by atoms with van der Waals surface area (Å²) in [4.78, 5) is 2.48. The molecule has 0 aliphatic rings. The van der Waals surface area contributed by atoms with Crippen LogP contribution in [0.1, 0.15) is 46.6 Å². The van der Waals surface area contributed by atoms with Crippen LogP contribution in [-0.4, -0.2) is 12.6 Å². The fourth-order valence-corrected chi connectivity index (χ4v) is 2.38. The Morgan fingerprint density at radius 1 is 1.14 bits per heavy atom. The molecule has 1 rings (SSSR count). The van der Waals surface area contributed by atoms with E-state index in [1.54, 1.807) is 0 Å². The van der Waals surface area contributed by atoms with Crippen LogP contribution in [0.25, 0.3) is 0 Å². The minimum Gasteiger partial charge on any atom is -0.365 e. The first-order valence-electron chi connectivity index (χ1n) is 8.29. The van der Waals surface area contributed by atoms with Crippen molar-refractivity contribution in [2.45, 2.75) is 54.0 Å². The van der Waals surface area contributed by atoms with Gasteiger partial charge >= 0.3 is 0 Å². The number of para-hydroxylation sites is 1. The van der Waals surface area contributed by atoms with Gasteiger partial charge in [0.25, 0.3) is 0 Å². The number of hydrogen-bond donors (Lipinski definition) is 0. The average molecular weight is 297 g/mol. The molecule has 0 bridgehead atoms. The van der Waals surface area contributed by atoms with Crippen LogP contribution in [0.4, 0.5) is 5.69 Å². The van der Waals surface area contributed by atoms with Crippen LogP contribution in [0.15, 0.2) is 59.7 Å². The summed E-state index contributed by atoms with van der Waals surface area (Å²) in [5.74, 6) is 0. The molecule has 0 atom stereocenters. The number of rotatable bonds is 7. The lowest BCUT2D eigenvalue weighted by Gasteiger charge is -2.31. The SMILES string of the molecule is CC/C=C\C=C/C(CN(c1ccccc1C)C(C)C)=C(C)C. The van der Waals surface area contributed by atoms with Crippen molar-refractivity contribution in [3.63, 3.8) is 0 Å². The molecule has 0 spiro atoms. The van der Waals surface area contributed by atoms with E-state index in [2.05, 4.69) is 95.0 Å². The number of allylic oxidation sites excluding steroid dienone is 4. The second-order valence-electron chi connectivity index (χ2n) is 6.23. The third kappa shape index (κ3) is 5.55. The van der Waals surface area contributed by atoms with Crippen LogP contribution in [0, 0.1) is 6.92 Å². The van der Waals surface area contributed by atoms with Gasteiger partial charge in [0.15, 0.2) is 0 Å². The van der Waals surface area contributed by atoms with E-state index >= 15 is 0 Å². The molecule has 120 valence electrons. The van der Waals surface area contributed by atoms with Crippen molar-refractivity contribution >= 4 is 5.69 Å². The number of anilines is 1. The van der Waals surface area contributed by atoms with Gasteiger partial charge in [-0.1, -0.05) is 55.0 Å². The highest BCUT2D eigenvalue weighted by Gasteiger charge is 2.13. The molecule has 1 heteroatoms. The quantitative estimate of drug-likeness (QED) is 0.552. The molecule has 0 heterocycles. The highest BCUT2D eigenvalue weighted by molar-refractivity contribution is 5.55. The highest BCUT2D eigenvalue weighted by atomic mass is 15.2. The highest BCUT2D eigenvalue weighted by Crippen LogP contribution is 2.23. The van der Waals surface area contributed by atoms with Crippen LogP contribution < -0.4 is 4.90 Å². The maximum absolute atomic E-state index is 2.48. The zero-order valence-electron chi connectivity index (χ0n) is 15.1. The zero-order valence-corrected chi connectivity index (χ0v) is 15.1. The molecule has 0 aromatic heterocycles. The molecule has 1 aromatic rings. The van der Waals surface area contributed by atoms with Gasteiger partial charge in [-0.2, -0.15) is 0 Å². The molecule has 1 nitrogen and oxygen atoms in total. The van der Waals surface area contributed by atoms with Crippen LogP contribution in [-0.2, 0) is 0 Å². The molecule has 0 fully saturated rings. The summed E-state index contributed by atoms with van der Waals surface area (Å²) in [5.41, 5.74) is 5.42. The van der Waals surface area contributed by atoms with E-state index in [1.165, 1.54) is 22.4 Å². The van der Waals surface area contributed by atoms with Crippen molar-refractivity contribution in [2.24, 2.45) is 0 Å². The van der Waals surface area contributed by atoms with Crippen LogP contribution in [0.3, 0.4) is 0 Å². The van der Waals surface area contributed by atoms with E-state index in [0.29, 0.717) is 6.04 Å². The molecule has 0 aliphatic heterocycles. The summed E-state index contributed by atoms with van der Waals surface area (Å²) in [7, 11) is 0. The minimum atomic E-state index is 0.468. The van der Waals surface area contributed by atoms with E-state index in [1.807, 2.05) is 0 Å². The molecule has 0 radical (unpaired) electrons. The van der Waals surface area contributed by atoms with Gasteiger partial charge in [-0.15, -0.1) is 0 Å². The van der Waals surface area contributed by atoms with E-state index in [4.69, 9.17) is 0 Å². The fraction of sp³-hybridized carbons (Fsp3) is 0.429. The molecule has 0 saturated carbocycles. The summed E-state index contributed by atoms with van der Waals surface area (Å²) in [5, 5.41) is 0. The number of benzene rings is 1. The topological polar surface area (TPSA) is 3.24 Å². The van der Waals surface area contributed by atoms with Crippen molar-refractivity contribution < 1.29 is 0 Å². The minimum absolute atomic E-state index is 0.468. The second kappa shape index (κ2) is 9.30. The van der Waals surface area contributed by atoms with Gasteiger partial charge in [-0.25, -0.2) is 0 Å². The van der Waals surface area contributed by atoms with Crippen LogP contribution in [0.2, 0.25) is 0 Å². The summed E-state index contributed by atoms with van der Waals surface area (Å²) in [6, 6.07) is 9.11. The Morgan fingerprint density at radius 3 is 2.36 bits per heavy atom. The largest absolute Gasteiger partial charge is 0.365 e. The zero-order chi connectivity index (χ0) is 16.5. The van der Waals surface area contributed by atoms with Crippen LogP contribution in [0.5, 0.6) is 0 Å². The van der Waals surface area contributed by atoms with E-state index < -0.39 is 0 Å². The monoisotopic (exact) mass is 297 g/mol. The molecule has 0 amide bonds. The third-order valence-corrected chi connectivity index (χ3v) is 3.81. The van der Waals surface area contributed by atoms with Crippen LogP contribution >= 0.6 is 0 Å². The van der Waals surface area contributed by atoms with Crippen molar-refractivity contribution in [1.82, 2.24) is 0 Å². The summed E-state index contributed by atoms with van der Waals surface area (Å²) < 4.78 is 0. The van der Waals surface area contributed by atoms with Gasteiger partial charge in [-0.05, 0) is 58.2 Å². The van der Waals surface area contributed by atoms with Gasteiger partial charge in [0, 0.05) is 18.3 Å². The summed E-state index contributed by atoms with van der Waals surface area (Å²) in [6.07, 6.45) is 9.80. The summed E-state index contributed by atoms with van der Waals surface area (Å²) in [6.45, 7) is 14.2. The van der Waals surface area contributed by atoms with Crippen molar-refractivity contribution in [1.29, 1.82) is 0 Å². The lowest BCUT2D eigenvalue weighted by molar-refractivity contribution is 0.711. The molecule has 1 aromatic carbocycles. The molecule has 0 saturated heterocycles. The van der Waals surface area contributed by atoms with Crippen molar-refractivity contribution in [3.8, 4) is 0 Å². The molecule has 0 N–H and O–H groups in total. The number of hydrogen-bond acceptors (Lipinski definition) is 1. The van der Waals surface area contributed by atoms with Gasteiger partial charge in [0.1, 0.15) is 0 Å². The lowest BCUT2D eigenvalue weighted by Crippen LogP contribution is -2.33. The van der Waals surface area contributed by atoms with Gasteiger partial charge in [0.05, 0.1) is 0 Å². The Labute approximate surface area is 137 Å². The number of aryl methyl sites for hydroxylation is 1. The fourth-order valence-electron chi connectivity index (χ4n) is 2.38. The van der Waals surface area contributed by atoms with E-state index in [9.17, 15) is 0 Å².